The summed E-state index contributed by atoms with van der Waals surface area (Å²) in [6.07, 6.45) is 4.23. The van der Waals surface area contributed by atoms with E-state index in [1.54, 1.807) is 18.2 Å². The number of hydrogen-bond donors (Lipinski definition) is 3. The van der Waals surface area contributed by atoms with Crippen LogP contribution in [0, 0.1) is 23.7 Å². The number of amides is 2. The van der Waals surface area contributed by atoms with Crippen LogP contribution in [0.25, 0.3) is 0 Å². The number of phenols is 1. The molecule has 7 heteroatoms. The number of fused-ring (bicyclic) bond motifs is 2. The number of nitrogens with one attached hydrogen (secondary N) is 2. The molecule has 2 aliphatic rings. The van der Waals surface area contributed by atoms with Gasteiger partial charge in [-0.1, -0.05) is 24.3 Å². The lowest BCUT2D eigenvalue weighted by molar-refractivity contribution is -0.313. The van der Waals surface area contributed by atoms with E-state index in [0.29, 0.717) is 6.42 Å². The second-order valence-corrected chi connectivity index (χ2v) is 5.78. The molecule has 0 radical (unpaired) electrons. The fraction of sp³-hybridized carbons (Fsp3) is 0.312. The summed E-state index contributed by atoms with van der Waals surface area (Å²) in [7, 11) is 0. The summed E-state index contributed by atoms with van der Waals surface area (Å²) in [4.78, 5) is 35.5. The summed E-state index contributed by atoms with van der Waals surface area (Å²) in [6.45, 7) is 0. The van der Waals surface area contributed by atoms with Gasteiger partial charge in [0.1, 0.15) is 5.75 Å². The first-order valence-corrected chi connectivity index (χ1v) is 7.26. The maximum atomic E-state index is 12.3. The molecular weight excluding hydrogens is 300 g/mol. The van der Waals surface area contributed by atoms with Gasteiger partial charge in [-0.2, -0.15) is 0 Å². The minimum atomic E-state index is -1.26. The lowest BCUT2D eigenvalue weighted by Gasteiger charge is -2.27. The van der Waals surface area contributed by atoms with Crippen LogP contribution in [0.15, 0.2) is 36.4 Å². The monoisotopic (exact) mass is 315 g/mol. The Kier molecular flexibility index (Phi) is 3.77. The summed E-state index contributed by atoms with van der Waals surface area (Å²) in [5.41, 5.74) is 4.46. The van der Waals surface area contributed by atoms with Crippen molar-refractivity contribution in [2.24, 2.45) is 23.7 Å². The van der Waals surface area contributed by atoms with E-state index in [2.05, 4.69) is 10.9 Å². The number of hydrazine groups is 1. The average molecular weight is 315 g/mol. The number of carboxylic acids is 1. The van der Waals surface area contributed by atoms with Crippen molar-refractivity contribution in [2.75, 3.05) is 0 Å². The lowest BCUT2D eigenvalue weighted by atomic mass is 9.82. The van der Waals surface area contributed by atoms with Gasteiger partial charge in [0.2, 0.25) is 5.91 Å². The molecule has 2 aliphatic carbocycles. The van der Waals surface area contributed by atoms with Crippen molar-refractivity contribution < 1.29 is 24.6 Å². The van der Waals surface area contributed by atoms with Crippen molar-refractivity contribution in [3.8, 4) is 5.75 Å². The Labute approximate surface area is 132 Å². The maximum absolute atomic E-state index is 12.3. The van der Waals surface area contributed by atoms with Crippen LogP contribution < -0.4 is 16.0 Å². The predicted octanol–water partition coefficient (Wildman–Crippen LogP) is -0.659. The third-order valence-corrected chi connectivity index (χ3v) is 4.48. The summed E-state index contributed by atoms with van der Waals surface area (Å²) in [5, 5.41) is 20.9. The number of aromatic hydroxyl groups is 1. The topological polar surface area (TPSA) is 119 Å². The molecule has 0 aromatic heterocycles. The Morgan fingerprint density at radius 3 is 2.35 bits per heavy atom. The molecule has 0 spiro atoms. The maximum Gasteiger partial charge on any atom is 0.273 e. The summed E-state index contributed by atoms with van der Waals surface area (Å²) in [6, 6.07) is 5.89. The van der Waals surface area contributed by atoms with Gasteiger partial charge in [-0.05, 0) is 30.4 Å². The molecule has 0 aliphatic heterocycles. The molecular formula is C16H15N2O5-. The van der Waals surface area contributed by atoms with Crippen molar-refractivity contribution in [1.82, 2.24) is 10.9 Å². The van der Waals surface area contributed by atoms with E-state index in [1.165, 1.54) is 12.1 Å². The number of rotatable bonds is 3. The summed E-state index contributed by atoms with van der Waals surface area (Å²) in [5.74, 6) is -4.73. The number of carboxylic acid groups (broad SMARTS) is 1. The van der Waals surface area contributed by atoms with E-state index in [0.717, 1.165) is 0 Å². The number of phenolic OH excluding ortho intramolecular Hbond substituents is 1. The molecule has 1 aromatic rings. The quantitative estimate of drug-likeness (QED) is 0.505. The molecule has 1 aromatic carbocycles. The van der Waals surface area contributed by atoms with Gasteiger partial charge in [0.25, 0.3) is 5.91 Å². The van der Waals surface area contributed by atoms with Crippen molar-refractivity contribution in [2.45, 2.75) is 6.42 Å². The highest BCUT2D eigenvalue weighted by molar-refractivity contribution is 5.98. The first kappa shape index (κ1) is 15.1. The van der Waals surface area contributed by atoms with Crippen LogP contribution in [0.4, 0.5) is 0 Å². The van der Waals surface area contributed by atoms with Gasteiger partial charge >= 0.3 is 0 Å². The van der Waals surface area contributed by atoms with E-state index in [1.807, 2.05) is 6.08 Å². The largest absolute Gasteiger partial charge is 0.550 e. The standard InChI is InChI=1S/C16H16N2O5/c19-11-4-2-1-3-10(11)14(20)17-18-15(21)12-8-5-6-9(7-8)13(12)16(22)23/h1-6,8-9,12-13,19H,7H2,(H,17,20)(H,18,21)(H,22,23)/p-1/t8-,9-,12+,13-/m0/s1. The molecule has 2 bridgehead atoms. The molecule has 1 saturated carbocycles. The molecule has 0 saturated heterocycles. The zero-order valence-electron chi connectivity index (χ0n) is 12.1. The molecule has 3 N–H and O–H groups in total. The number of benzene rings is 1. The average Bonchev–Trinajstić information content (AvgIpc) is 3.13. The predicted molar refractivity (Wildman–Crippen MR) is 76.4 cm³/mol. The number of allylic oxidation sites excluding steroid dienone is 2. The zero-order chi connectivity index (χ0) is 16.6. The van der Waals surface area contributed by atoms with Gasteiger partial charge in [-0.15, -0.1) is 0 Å². The van der Waals surface area contributed by atoms with Crippen LogP contribution in [-0.2, 0) is 9.59 Å². The van der Waals surface area contributed by atoms with Crippen molar-refractivity contribution in [3.63, 3.8) is 0 Å². The van der Waals surface area contributed by atoms with Gasteiger partial charge in [0, 0.05) is 11.9 Å². The van der Waals surface area contributed by atoms with E-state index < -0.39 is 29.6 Å². The molecule has 4 atom stereocenters. The normalized spacial score (nSPS) is 27.7. The minimum absolute atomic E-state index is 0.0112. The number of carbonyl (C=O) groups is 3. The van der Waals surface area contributed by atoms with Crippen LogP contribution in [0.3, 0.4) is 0 Å². The van der Waals surface area contributed by atoms with Crippen molar-refractivity contribution >= 4 is 17.8 Å². The fourth-order valence-corrected chi connectivity index (χ4v) is 3.44. The Morgan fingerprint density at radius 1 is 1.04 bits per heavy atom. The van der Waals surface area contributed by atoms with Gasteiger partial charge < -0.3 is 15.0 Å². The van der Waals surface area contributed by atoms with Crippen molar-refractivity contribution in [1.29, 1.82) is 0 Å². The first-order chi connectivity index (χ1) is 11.0. The third-order valence-electron chi connectivity index (χ3n) is 4.48. The van der Waals surface area contributed by atoms with Gasteiger partial charge in [-0.3, -0.25) is 20.4 Å². The van der Waals surface area contributed by atoms with Crippen LogP contribution >= 0.6 is 0 Å². The lowest BCUT2D eigenvalue weighted by Crippen LogP contribution is -2.50. The Hall–Kier alpha value is -2.83. The molecule has 0 heterocycles. The Morgan fingerprint density at radius 2 is 1.70 bits per heavy atom. The molecule has 1 fully saturated rings. The molecule has 7 nitrogen and oxygen atoms in total. The van der Waals surface area contributed by atoms with Gasteiger partial charge in [0.05, 0.1) is 11.5 Å². The SMILES string of the molecule is O=C(NNC(=O)[C@H]1[C@@H](C(=O)[O-])[C@H]2C=C[C@H]1C2)c1ccccc1O. The number of hydrogen-bond acceptors (Lipinski definition) is 5. The van der Waals surface area contributed by atoms with Crippen LogP contribution in [0.5, 0.6) is 5.75 Å². The smallest absolute Gasteiger partial charge is 0.273 e. The van der Waals surface area contributed by atoms with Crippen molar-refractivity contribution in [3.05, 3.63) is 42.0 Å². The van der Waals surface area contributed by atoms with Gasteiger partial charge in [-0.25, -0.2) is 0 Å². The van der Waals surface area contributed by atoms with E-state index in [4.69, 9.17) is 0 Å². The van der Waals surface area contributed by atoms with E-state index in [-0.39, 0.29) is 23.1 Å². The highest BCUT2D eigenvalue weighted by Crippen LogP contribution is 2.47. The number of para-hydroxylation sites is 1. The van der Waals surface area contributed by atoms with Gasteiger partial charge in [0.15, 0.2) is 0 Å². The Bertz CT molecular complexity index is 699. The highest BCUT2D eigenvalue weighted by atomic mass is 16.4. The number of carbonyl (C=O) groups excluding carboxylic acids is 3. The second kappa shape index (κ2) is 5.75. The minimum Gasteiger partial charge on any atom is -0.550 e. The first-order valence-electron chi connectivity index (χ1n) is 7.26. The molecule has 120 valence electrons. The zero-order valence-corrected chi connectivity index (χ0v) is 12.1. The van der Waals surface area contributed by atoms with Crippen LogP contribution in [-0.4, -0.2) is 22.9 Å². The molecule has 23 heavy (non-hydrogen) atoms. The molecule has 0 unspecified atom stereocenters. The number of aliphatic carboxylic acids is 1. The summed E-state index contributed by atoms with van der Waals surface area (Å²) >= 11 is 0. The van der Waals surface area contributed by atoms with E-state index >= 15 is 0 Å². The summed E-state index contributed by atoms with van der Waals surface area (Å²) < 4.78 is 0. The fourth-order valence-electron chi connectivity index (χ4n) is 3.44. The second-order valence-electron chi connectivity index (χ2n) is 5.78. The third kappa shape index (κ3) is 2.65. The molecule has 2 amide bonds. The van der Waals surface area contributed by atoms with Crippen LogP contribution in [0.2, 0.25) is 0 Å². The highest BCUT2D eigenvalue weighted by Gasteiger charge is 2.48. The van der Waals surface area contributed by atoms with Crippen LogP contribution in [0.1, 0.15) is 16.8 Å². The molecule has 3 rings (SSSR count). The van der Waals surface area contributed by atoms with E-state index in [9.17, 15) is 24.6 Å². The Balaban J connectivity index is 1.66.